The van der Waals surface area contributed by atoms with E-state index in [1.165, 1.54) is 16.8 Å². The minimum atomic E-state index is -0.752. The van der Waals surface area contributed by atoms with E-state index in [4.69, 9.17) is 25.7 Å². The number of hydrogen-bond acceptors (Lipinski definition) is 8. The SMILES string of the molecule is CC(C)C(N)C(=O)OC[C@H]1OC[C@@H](n2ccc(N)nc2=O)O1. The average molecular weight is 312 g/mol. The zero-order valence-corrected chi connectivity index (χ0v) is 12.5. The van der Waals surface area contributed by atoms with Crippen LogP contribution in [0.2, 0.25) is 0 Å². The Hall–Kier alpha value is -1.97. The lowest BCUT2D eigenvalue weighted by Crippen LogP contribution is -2.38. The van der Waals surface area contributed by atoms with Gasteiger partial charge in [-0.05, 0) is 12.0 Å². The first-order valence-electron chi connectivity index (χ1n) is 6.92. The van der Waals surface area contributed by atoms with E-state index in [0.29, 0.717) is 0 Å². The van der Waals surface area contributed by atoms with E-state index in [9.17, 15) is 9.59 Å². The van der Waals surface area contributed by atoms with Crippen LogP contribution >= 0.6 is 0 Å². The predicted octanol–water partition coefficient (Wildman–Crippen LogP) is -0.776. The second kappa shape index (κ2) is 6.86. The molecule has 1 fully saturated rings. The van der Waals surface area contributed by atoms with E-state index in [1.54, 1.807) is 0 Å². The van der Waals surface area contributed by atoms with Gasteiger partial charge in [-0.25, -0.2) is 4.79 Å². The van der Waals surface area contributed by atoms with E-state index in [0.717, 1.165) is 0 Å². The molecule has 3 atom stereocenters. The van der Waals surface area contributed by atoms with Crippen LogP contribution in [0.1, 0.15) is 20.1 Å². The van der Waals surface area contributed by atoms with Gasteiger partial charge in [0.15, 0.2) is 12.5 Å². The van der Waals surface area contributed by atoms with E-state index < -0.39 is 30.2 Å². The Balaban J connectivity index is 1.88. The van der Waals surface area contributed by atoms with Crippen LogP contribution in [0.15, 0.2) is 17.1 Å². The van der Waals surface area contributed by atoms with Gasteiger partial charge in [0.05, 0.1) is 6.61 Å². The Morgan fingerprint density at radius 3 is 2.95 bits per heavy atom. The highest BCUT2D eigenvalue weighted by molar-refractivity contribution is 5.75. The number of carbonyl (C=O) groups is 1. The highest BCUT2D eigenvalue weighted by Crippen LogP contribution is 2.20. The molecule has 22 heavy (non-hydrogen) atoms. The molecule has 0 spiro atoms. The molecule has 9 heteroatoms. The van der Waals surface area contributed by atoms with Crippen molar-refractivity contribution in [1.29, 1.82) is 0 Å². The van der Waals surface area contributed by atoms with Crippen molar-refractivity contribution in [3.8, 4) is 0 Å². The van der Waals surface area contributed by atoms with Crippen molar-refractivity contribution >= 4 is 11.8 Å². The molecule has 0 saturated carbocycles. The number of anilines is 1. The molecular weight excluding hydrogens is 292 g/mol. The van der Waals surface area contributed by atoms with Crippen LogP contribution < -0.4 is 17.2 Å². The van der Waals surface area contributed by atoms with Crippen molar-refractivity contribution in [2.45, 2.75) is 32.4 Å². The molecule has 4 N–H and O–H groups in total. The van der Waals surface area contributed by atoms with Gasteiger partial charge in [-0.15, -0.1) is 0 Å². The second-order valence-electron chi connectivity index (χ2n) is 5.30. The quantitative estimate of drug-likeness (QED) is 0.677. The summed E-state index contributed by atoms with van der Waals surface area (Å²) in [5.41, 5.74) is 10.6. The van der Waals surface area contributed by atoms with Crippen molar-refractivity contribution in [1.82, 2.24) is 9.55 Å². The number of aromatic nitrogens is 2. The largest absolute Gasteiger partial charge is 0.459 e. The Labute approximate surface area is 127 Å². The fourth-order valence-electron chi connectivity index (χ4n) is 1.84. The van der Waals surface area contributed by atoms with E-state index in [2.05, 4.69) is 4.98 Å². The summed E-state index contributed by atoms with van der Waals surface area (Å²) in [6, 6.07) is 0.792. The number of nitrogens with two attached hydrogens (primary N) is 2. The Morgan fingerprint density at radius 1 is 1.59 bits per heavy atom. The van der Waals surface area contributed by atoms with Gasteiger partial charge in [-0.2, -0.15) is 4.98 Å². The second-order valence-corrected chi connectivity index (χ2v) is 5.30. The van der Waals surface area contributed by atoms with Crippen LogP contribution in [-0.4, -0.2) is 41.1 Å². The molecule has 1 aliphatic heterocycles. The van der Waals surface area contributed by atoms with Crippen molar-refractivity contribution in [3.63, 3.8) is 0 Å². The number of hydrogen-bond donors (Lipinski definition) is 2. The summed E-state index contributed by atoms with van der Waals surface area (Å²) in [6.07, 6.45) is 0.0859. The van der Waals surface area contributed by atoms with Crippen molar-refractivity contribution in [2.75, 3.05) is 18.9 Å². The zero-order valence-electron chi connectivity index (χ0n) is 12.5. The fraction of sp³-hybridized carbons (Fsp3) is 0.615. The summed E-state index contributed by atoms with van der Waals surface area (Å²) < 4.78 is 17.1. The van der Waals surface area contributed by atoms with Gasteiger partial charge in [0.1, 0.15) is 18.5 Å². The number of nitrogen functional groups attached to an aromatic ring is 1. The normalized spacial score (nSPS) is 22.7. The average Bonchev–Trinajstić information content (AvgIpc) is 2.92. The molecule has 0 aromatic carbocycles. The Bertz CT molecular complexity index is 588. The maximum Gasteiger partial charge on any atom is 0.351 e. The molecule has 1 aliphatic rings. The molecule has 0 radical (unpaired) electrons. The maximum absolute atomic E-state index is 11.7. The van der Waals surface area contributed by atoms with E-state index in [-0.39, 0.29) is 24.9 Å². The van der Waals surface area contributed by atoms with Crippen molar-refractivity contribution in [3.05, 3.63) is 22.7 Å². The summed E-state index contributed by atoms with van der Waals surface area (Å²) in [5, 5.41) is 0. The molecule has 0 amide bonds. The first-order chi connectivity index (χ1) is 10.4. The highest BCUT2D eigenvalue weighted by Gasteiger charge is 2.30. The van der Waals surface area contributed by atoms with Crippen LogP contribution in [0, 0.1) is 5.92 Å². The van der Waals surface area contributed by atoms with Gasteiger partial charge in [0, 0.05) is 6.20 Å². The first kappa shape index (κ1) is 16.4. The third kappa shape index (κ3) is 3.81. The van der Waals surface area contributed by atoms with Crippen LogP contribution in [0.4, 0.5) is 5.82 Å². The van der Waals surface area contributed by atoms with Crippen molar-refractivity contribution in [2.24, 2.45) is 11.7 Å². The lowest BCUT2D eigenvalue weighted by atomic mass is 10.1. The molecule has 9 nitrogen and oxygen atoms in total. The molecule has 1 saturated heterocycles. The summed E-state index contributed by atoms with van der Waals surface area (Å²) in [5.74, 6) is -0.407. The van der Waals surface area contributed by atoms with Gasteiger partial charge in [0.2, 0.25) is 0 Å². The van der Waals surface area contributed by atoms with E-state index >= 15 is 0 Å². The number of ether oxygens (including phenoxy) is 3. The maximum atomic E-state index is 11.7. The van der Waals surface area contributed by atoms with Gasteiger partial charge < -0.3 is 25.7 Å². The van der Waals surface area contributed by atoms with Crippen LogP contribution in [-0.2, 0) is 19.0 Å². The summed E-state index contributed by atoms with van der Waals surface area (Å²) in [6.45, 7) is 3.70. The lowest BCUT2D eigenvalue weighted by molar-refractivity contribution is -0.161. The molecule has 1 aromatic rings. The molecule has 2 rings (SSSR count). The standard InChI is InChI=1S/C13H20N4O5/c1-7(2)11(15)12(18)21-6-10-20-5-9(22-10)17-4-3-8(14)16-13(17)19/h3-4,7,9-11H,5-6,15H2,1-2H3,(H2,14,16,19)/t9-,10-,11?/m0/s1. The third-order valence-electron chi connectivity index (χ3n) is 3.25. The van der Waals surface area contributed by atoms with Gasteiger partial charge in [-0.1, -0.05) is 13.8 Å². The topological polar surface area (TPSA) is 132 Å². The fourth-order valence-corrected chi connectivity index (χ4v) is 1.84. The van der Waals surface area contributed by atoms with Gasteiger partial charge in [0.25, 0.3) is 0 Å². The van der Waals surface area contributed by atoms with Gasteiger partial charge in [-0.3, -0.25) is 9.36 Å². The Morgan fingerprint density at radius 2 is 2.32 bits per heavy atom. The minimum Gasteiger partial charge on any atom is -0.459 e. The van der Waals surface area contributed by atoms with Crippen LogP contribution in [0.3, 0.4) is 0 Å². The molecular formula is C13H20N4O5. The summed E-state index contributed by atoms with van der Waals surface area (Å²) in [4.78, 5) is 27.0. The number of rotatable bonds is 5. The van der Waals surface area contributed by atoms with Crippen molar-refractivity contribution < 1.29 is 19.0 Å². The molecule has 0 bridgehead atoms. The lowest BCUT2D eigenvalue weighted by Gasteiger charge is -2.17. The zero-order chi connectivity index (χ0) is 16.3. The van der Waals surface area contributed by atoms with E-state index in [1.807, 2.05) is 13.8 Å². The number of carbonyl (C=O) groups excluding carboxylic acids is 1. The first-order valence-corrected chi connectivity index (χ1v) is 6.92. The molecule has 1 unspecified atom stereocenters. The number of esters is 1. The molecule has 0 aliphatic carbocycles. The number of nitrogens with zero attached hydrogens (tertiary/aromatic N) is 2. The minimum absolute atomic E-state index is 0.0231. The van der Waals surface area contributed by atoms with Crippen LogP contribution in [0.5, 0.6) is 0 Å². The predicted molar refractivity (Wildman–Crippen MR) is 76.5 cm³/mol. The third-order valence-corrected chi connectivity index (χ3v) is 3.25. The van der Waals surface area contributed by atoms with Gasteiger partial charge >= 0.3 is 11.7 Å². The summed E-state index contributed by atoms with van der Waals surface area (Å²) in [7, 11) is 0. The molecule has 2 heterocycles. The van der Waals surface area contributed by atoms with Crippen LogP contribution in [0.25, 0.3) is 0 Å². The highest BCUT2D eigenvalue weighted by atomic mass is 16.7. The summed E-state index contributed by atoms with van der Waals surface area (Å²) >= 11 is 0. The monoisotopic (exact) mass is 312 g/mol. The smallest absolute Gasteiger partial charge is 0.351 e. The molecule has 1 aromatic heterocycles. The molecule has 122 valence electrons. The Kier molecular flexibility index (Phi) is 5.11.